The molecule has 1 heterocycles. The molecule has 3 heteroatoms. The van der Waals surface area contributed by atoms with E-state index in [-0.39, 0.29) is 0 Å². The minimum absolute atomic E-state index is 0.783. The topological polar surface area (TPSA) is 36.3 Å². The van der Waals surface area contributed by atoms with Crippen molar-refractivity contribution in [3.05, 3.63) is 34.9 Å². The van der Waals surface area contributed by atoms with Crippen LogP contribution in [0.15, 0.2) is 18.2 Å². The van der Waals surface area contributed by atoms with E-state index in [0.717, 1.165) is 44.0 Å². The minimum Gasteiger partial charge on any atom is -0.379 e. The molecule has 1 aliphatic heterocycles. The molecule has 16 heavy (non-hydrogen) atoms. The molecule has 0 aliphatic carbocycles. The molecule has 84 valence electrons. The van der Waals surface area contributed by atoms with Crippen molar-refractivity contribution in [2.45, 2.75) is 13.5 Å². The Bertz CT molecular complexity index is 403. The number of morpholine rings is 1. The van der Waals surface area contributed by atoms with Crippen molar-refractivity contribution < 1.29 is 4.74 Å². The summed E-state index contributed by atoms with van der Waals surface area (Å²) in [5.41, 5.74) is 3.04. The quantitative estimate of drug-likeness (QED) is 0.755. The molecular formula is C13H16N2O. The summed E-state index contributed by atoms with van der Waals surface area (Å²) in [5.74, 6) is 0. The van der Waals surface area contributed by atoms with E-state index in [2.05, 4.69) is 17.0 Å². The lowest BCUT2D eigenvalue weighted by molar-refractivity contribution is 0.0342. The van der Waals surface area contributed by atoms with Gasteiger partial charge in [-0.1, -0.05) is 12.1 Å². The molecule has 0 bridgehead atoms. The van der Waals surface area contributed by atoms with Crippen LogP contribution in [0, 0.1) is 18.3 Å². The lowest BCUT2D eigenvalue weighted by Gasteiger charge is -2.26. The number of hydrogen-bond acceptors (Lipinski definition) is 3. The van der Waals surface area contributed by atoms with Crippen LogP contribution in [0.3, 0.4) is 0 Å². The molecule has 1 saturated heterocycles. The summed E-state index contributed by atoms with van der Waals surface area (Å²) in [7, 11) is 0. The van der Waals surface area contributed by atoms with Gasteiger partial charge in [-0.3, -0.25) is 4.90 Å². The molecule has 0 spiro atoms. The van der Waals surface area contributed by atoms with Gasteiger partial charge in [0.2, 0.25) is 0 Å². The van der Waals surface area contributed by atoms with Crippen LogP contribution in [0.4, 0.5) is 0 Å². The molecule has 0 radical (unpaired) electrons. The van der Waals surface area contributed by atoms with Gasteiger partial charge in [0.15, 0.2) is 0 Å². The van der Waals surface area contributed by atoms with Gasteiger partial charge < -0.3 is 4.74 Å². The molecule has 0 saturated carbocycles. The van der Waals surface area contributed by atoms with E-state index in [1.807, 2.05) is 19.1 Å². The van der Waals surface area contributed by atoms with Crippen molar-refractivity contribution in [1.29, 1.82) is 5.26 Å². The maximum Gasteiger partial charge on any atom is 0.0994 e. The highest BCUT2D eigenvalue weighted by atomic mass is 16.5. The van der Waals surface area contributed by atoms with Crippen molar-refractivity contribution in [3.8, 4) is 6.07 Å². The second-order valence-electron chi connectivity index (χ2n) is 4.15. The van der Waals surface area contributed by atoms with Crippen LogP contribution in [0.2, 0.25) is 0 Å². The SMILES string of the molecule is Cc1ccc(CN2CCOCC2)cc1C#N. The van der Waals surface area contributed by atoms with Gasteiger partial charge in [0, 0.05) is 19.6 Å². The Morgan fingerprint density at radius 2 is 2.12 bits per heavy atom. The summed E-state index contributed by atoms with van der Waals surface area (Å²) in [6, 6.07) is 8.35. The largest absolute Gasteiger partial charge is 0.379 e. The third-order valence-electron chi connectivity index (χ3n) is 2.93. The fraction of sp³-hybridized carbons (Fsp3) is 0.462. The van der Waals surface area contributed by atoms with Crippen LogP contribution in [0.25, 0.3) is 0 Å². The zero-order valence-electron chi connectivity index (χ0n) is 9.57. The summed E-state index contributed by atoms with van der Waals surface area (Å²) in [4.78, 5) is 2.36. The van der Waals surface area contributed by atoms with Gasteiger partial charge in [0.1, 0.15) is 0 Å². The van der Waals surface area contributed by atoms with Gasteiger partial charge in [-0.15, -0.1) is 0 Å². The Hall–Kier alpha value is -1.37. The van der Waals surface area contributed by atoms with Gasteiger partial charge in [0.25, 0.3) is 0 Å². The summed E-state index contributed by atoms with van der Waals surface area (Å²) >= 11 is 0. The summed E-state index contributed by atoms with van der Waals surface area (Å²) in [6.45, 7) is 6.48. The van der Waals surface area contributed by atoms with E-state index in [4.69, 9.17) is 10.00 Å². The fourth-order valence-corrected chi connectivity index (χ4v) is 1.91. The Morgan fingerprint density at radius 1 is 1.38 bits per heavy atom. The van der Waals surface area contributed by atoms with Crippen LogP contribution >= 0.6 is 0 Å². The minimum atomic E-state index is 0.783. The molecule has 0 N–H and O–H groups in total. The second kappa shape index (κ2) is 5.11. The normalized spacial score (nSPS) is 17.0. The van der Waals surface area contributed by atoms with E-state index in [9.17, 15) is 0 Å². The first-order valence-electron chi connectivity index (χ1n) is 5.59. The lowest BCUT2D eigenvalue weighted by atomic mass is 10.1. The third-order valence-corrected chi connectivity index (χ3v) is 2.93. The van der Waals surface area contributed by atoms with Crippen molar-refractivity contribution in [2.75, 3.05) is 26.3 Å². The predicted molar refractivity (Wildman–Crippen MR) is 62.0 cm³/mol. The molecule has 3 nitrogen and oxygen atoms in total. The van der Waals surface area contributed by atoms with Crippen molar-refractivity contribution in [1.82, 2.24) is 4.90 Å². The lowest BCUT2D eigenvalue weighted by Crippen LogP contribution is -2.35. The fourth-order valence-electron chi connectivity index (χ4n) is 1.91. The zero-order valence-corrected chi connectivity index (χ0v) is 9.57. The van der Waals surface area contributed by atoms with Crippen molar-refractivity contribution >= 4 is 0 Å². The van der Waals surface area contributed by atoms with E-state index >= 15 is 0 Å². The number of benzene rings is 1. The molecule has 1 aromatic rings. The summed E-state index contributed by atoms with van der Waals surface area (Å²) < 4.78 is 5.31. The molecule has 1 aliphatic rings. The molecule has 0 amide bonds. The number of rotatable bonds is 2. The number of nitrogens with zero attached hydrogens (tertiary/aromatic N) is 2. The van der Waals surface area contributed by atoms with Crippen LogP contribution in [0.1, 0.15) is 16.7 Å². The molecule has 0 atom stereocenters. The van der Waals surface area contributed by atoms with Crippen molar-refractivity contribution in [3.63, 3.8) is 0 Å². The van der Waals surface area contributed by atoms with E-state index in [1.165, 1.54) is 5.56 Å². The first kappa shape index (κ1) is 11.1. The molecule has 1 aromatic carbocycles. The zero-order chi connectivity index (χ0) is 11.4. The van der Waals surface area contributed by atoms with Crippen molar-refractivity contribution in [2.24, 2.45) is 0 Å². The highest BCUT2D eigenvalue weighted by Gasteiger charge is 2.11. The Balaban J connectivity index is 2.06. The Morgan fingerprint density at radius 3 is 2.81 bits per heavy atom. The monoisotopic (exact) mass is 216 g/mol. The highest BCUT2D eigenvalue weighted by molar-refractivity contribution is 5.39. The number of aryl methyl sites for hydroxylation is 1. The van der Waals surface area contributed by atoms with Crippen LogP contribution < -0.4 is 0 Å². The van der Waals surface area contributed by atoms with Gasteiger partial charge in [-0.25, -0.2) is 0 Å². The van der Waals surface area contributed by atoms with Gasteiger partial charge in [-0.05, 0) is 24.1 Å². The number of nitriles is 1. The van der Waals surface area contributed by atoms with Crippen LogP contribution in [-0.4, -0.2) is 31.2 Å². The Labute approximate surface area is 96.2 Å². The van der Waals surface area contributed by atoms with E-state index < -0.39 is 0 Å². The van der Waals surface area contributed by atoms with E-state index in [1.54, 1.807) is 0 Å². The first-order chi connectivity index (χ1) is 7.79. The molecule has 1 fully saturated rings. The van der Waals surface area contributed by atoms with Crippen LogP contribution in [-0.2, 0) is 11.3 Å². The predicted octanol–water partition coefficient (Wildman–Crippen LogP) is 1.70. The van der Waals surface area contributed by atoms with E-state index in [0.29, 0.717) is 0 Å². The molecular weight excluding hydrogens is 200 g/mol. The molecule has 2 rings (SSSR count). The van der Waals surface area contributed by atoms with Gasteiger partial charge in [0.05, 0.1) is 24.8 Å². The smallest absolute Gasteiger partial charge is 0.0994 e. The standard InChI is InChI=1S/C13H16N2O/c1-11-2-3-12(8-13(11)9-14)10-15-4-6-16-7-5-15/h2-3,8H,4-7,10H2,1H3. The van der Waals surface area contributed by atoms with Crippen LogP contribution in [0.5, 0.6) is 0 Å². The Kier molecular flexibility index (Phi) is 3.55. The molecule has 0 unspecified atom stereocenters. The number of hydrogen-bond donors (Lipinski definition) is 0. The second-order valence-corrected chi connectivity index (χ2v) is 4.15. The average Bonchev–Trinajstić information content (AvgIpc) is 2.33. The maximum atomic E-state index is 8.97. The summed E-state index contributed by atoms with van der Waals surface area (Å²) in [5, 5.41) is 8.97. The molecule has 0 aromatic heterocycles. The summed E-state index contributed by atoms with van der Waals surface area (Å²) in [6.07, 6.45) is 0. The van der Waals surface area contributed by atoms with Gasteiger partial charge in [-0.2, -0.15) is 5.26 Å². The average molecular weight is 216 g/mol. The maximum absolute atomic E-state index is 8.97. The third kappa shape index (κ3) is 2.60. The highest BCUT2D eigenvalue weighted by Crippen LogP contribution is 2.12. The number of ether oxygens (including phenoxy) is 1. The van der Waals surface area contributed by atoms with Gasteiger partial charge >= 0.3 is 0 Å². The first-order valence-corrected chi connectivity index (χ1v) is 5.59.